The fourth-order valence-electron chi connectivity index (χ4n) is 2.34. The Kier molecular flexibility index (Phi) is 3.70. The van der Waals surface area contributed by atoms with Gasteiger partial charge in [0.1, 0.15) is 5.75 Å². The predicted octanol–water partition coefficient (Wildman–Crippen LogP) is 4.17. The Morgan fingerprint density at radius 2 is 2.20 bits per heavy atom. The van der Waals surface area contributed by atoms with E-state index in [0.717, 1.165) is 28.0 Å². The van der Waals surface area contributed by atoms with Crippen molar-refractivity contribution in [3.63, 3.8) is 0 Å². The van der Waals surface area contributed by atoms with Crippen molar-refractivity contribution in [3.8, 4) is 17.1 Å². The number of aryl methyl sites for hydroxylation is 1. The summed E-state index contributed by atoms with van der Waals surface area (Å²) in [5.41, 5.74) is 7.65. The number of anilines is 1. The van der Waals surface area contributed by atoms with Crippen molar-refractivity contribution in [3.05, 3.63) is 28.2 Å². The van der Waals surface area contributed by atoms with Crippen LogP contribution in [0.25, 0.3) is 11.3 Å². The number of aromatic nitrogens is 1. The van der Waals surface area contributed by atoms with Crippen molar-refractivity contribution in [2.75, 3.05) is 12.3 Å². The van der Waals surface area contributed by atoms with Crippen LogP contribution in [0.15, 0.2) is 27.2 Å². The Labute approximate surface area is 126 Å². The van der Waals surface area contributed by atoms with E-state index in [0.29, 0.717) is 17.5 Å². The van der Waals surface area contributed by atoms with Crippen molar-refractivity contribution < 1.29 is 9.26 Å². The number of nitrogen functional groups attached to an aromatic ring is 1. The van der Waals surface area contributed by atoms with Crippen molar-refractivity contribution >= 4 is 21.7 Å². The molecule has 1 aromatic heterocycles. The summed E-state index contributed by atoms with van der Waals surface area (Å²) in [6, 6.07) is 5.79. The SMILES string of the molecule is Cc1cc(Br)c(OCC2CCC2)c(-c2cc(N)no2)c1. The Morgan fingerprint density at radius 3 is 2.80 bits per heavy atom. The highest BCUT2D eigenvalue weighted by Crippen LogP contribution is 2.39. The third kappa shape index (κ3) is 2.68. The first-order valence-electron chi connectivity index (χ1n) is 6.79. The van der Waals surface area contributed by atoms with Gasteiger partial charge in [-0.15, -0.1) is 0 Å². The van der Waals surface area contributed by atoms with E-state index in [1.165, 1.54) is 19.3 Å². The number of nitrogens with zero attached hydrogens (tertiary/aromatic N) is 1. The molecule has 0 radical (unpaired) electrons. The highest BCUT2D eigenvalue weighted by atomic mass is 79.9. The van der Waals surface area contributed by atoms with E-state index < -0.39 is 0 Å². The monoisotopic (exact) mass is 336 g/mol. The average Bonchev–Trinajstić information content (AvgIpc) is 2.75. The first-order chi connectivity index (χ1) is 9.63. The zero-order valence-electron chi connectivity index (χ0n) is 11.4. The summed E-state index contributed by atoms with van der Waals surface area (Å²) < 4.78 is 12.2. The number of hydrogen-bond acceptors (Lipinski definition) is 4. The third-order valence-electron chi connectivity index (χ3n) is 3.67. The molecule has 0 spiro atoms. The lowest BCUT2D eigenvalue weighted by atomic mass is 9.86. The highest BCUT2D eigenvalue weighted by Gasteiger charge is 2.21. The van der Waals surface area contributed by atoms with Gasteiger partial charge in [-0.2, -0.15) is 0 Å². The molecule has 1 aromatic carbocycles. The number of hydrogen-bond donors (Lipinski definition) is 1. The van der Waals surface area contributed by atoms with Crippen LogP contribution in [-0.2, 0) is 0 Å². The number of nitrogens with two attached hydrogens (primary N) is 1. The minimum absolute atomic E-state index is 0.377. The minimum atomic E-state index is 0.377. The second-order valence-corrected chi connectivity index (χ2v) is 6.20. The zero-order chi connectivity index (χ0) is 14.1. The molecule has 1 aliphatic rings. The minimum Gasteiger partial charge on any atom is -0.491 e. The largest absolute Gasteiger partial charge is 0.491 e. The lowest BCUT2D eigenvalue weighted by Crippen LogP contribution is -2.19. The molecule has 5 heteroatoms. The molecule has 2 N–H and O–H groups in total. The highest BCUT2D eigenvalue weighted by molar-refractivity contribution is 9.10. The van der Waals surface area contributed by atoms with E-state index in [1.54, 1.807) is 6.07 Å². The van der Waals surface area contributed by atoms with Gasteiger partial charge >= 0.3 is 0 Å². The van der Waals surface area contributed by atoms with Gasteiger partial charge in [0.25, 0.3) is 0 Å². The first-order valence-corrected chi connectivity index (χ1v) is 7.58. The Balaban J connectivity index is 1.93. The summed E-state index contributed by atoms with van der Waals surface area (Å²) in [4.78, 5) is 0. The van der Waals surface area contributed by atoms with Crippen LogP contribution in [0.3, 0.4) is 0 Å². The molecule has 0 saturated heterocycles. The molecule has 4 nitrogen and oxygen atoms in total. The molecule has 0 bridgehead atoms. The maximum absolute atomic E-state index is 6.02. The molecule has 1 heterocycles. The molecule has 1 fully saturated rings. The van der Waals surface area contributed by atoms with Crippen molar-refractivity contribution in [2.24, 2.45) is 5.92 Å². The first kappa shape index (κ1) is 13.5. The molecule has 2 aromatic rings. The molecule has 3 rings (SSSR count). The van der Waals surface area contributed by atoms with Gasteiger partial charge in [-0.3, -0.25) is 0 Å². The van der Waals surface area contributed by atoms with Crippen LogP contribution >= 0.6 is 15.9 Å². The number of rotatable bonds is 4. The molecule has 1 saturated carbocycles. The maximum atomic E-state index is 6.02. The summed E-state index contributed by atoms with van der Waals surface area (Å²) in [5, 5.41) is 3.75. The number of halogens is 1. The molecule has 0 atom stereocenters. The van der Waals surface area contributed by atoms with E-state index in [4.69, 9.17) is 15.0 Å². The molecule has 0 aliphatic heterocycles. The van der Waals surface area contributed by atoms with Crippen LogP contribution in [0.2, 0.25) is 0 Å². The van der Waals surface area contributed by atoms with Gasteiger partial charge in [0.15, 0.2) is 11.6 Å². The summed E-state index contributed by atoms with van der Waals surface area (Å²) in [5.74, 6) is 2.49. The Hall–Kier alpha value is -1.49. The lowest BCUT2D eigenvalue weighted by Gasteiger charge is -2.26. The van der Waals surface area contributed by atoms with E-state index in [1.807, 2.05) is 19.1 Å². The summed E-state index contributed by atoms with van der Waals surface area (Å²) in [6.07, 6.45) is 3.83. The summed E-state index contributed by atoms with van der Waals surface area (Å²) in [6.45, 7) is 2.78. The Bertz CT molecular complexity index is 620. The van der Waals surface area contributed by atoms with Gasteiger partial charge in [0.2, 0.25) is 0 Å². The van der Waals surface area contributed by atoms with Gasteiger partial charge in [-0.05, 0) is 59.3 Å². The number of benzene rings is 1. The van der Waals surface area contributed by atoms with E-state index in [-0.39, 0.29) is 0 Å². The zero-order valence-corrected chi connectivity index (χ0v) is 12.9. The molecular formula is C15H17BrN2O2. The molecule has 106 valence electrons. The fourth-order valence-corrected chi connectivity index (χ4v) is 3.02. The third-order valence-corrected chi connectivity index (χ3v) is 4.26. The lowest BCUT2D eigenvalue weighted by molar-refractivity contribution is 0.180. The molecule has 0 unspecified atom stereocenters. The quantitative estimate of drug-likeness (QED) is 0.909. The molecular weight excluding hydrogens is 320 g/mol. The molecule has 0 amide bonds. The average molecular weight is 337 g/mol. The van der Waals surface area contributed by atoms with Gasteiger partial charge < -0.3 is 15.0 Å². The smallest absolute Gasteiger partial charge is 0.172 e. The standard InChI is InChI=1S/C15H17BrN2O2/c1-9-5-11(13-7-14(17)18-20-13)15(12(16)6-9)19-8-10-3-2-4-10/h5-7,10H,2-4,8H2,1H3,(H2,17,18). The number of ether oxygens (including phenoxy) is 1. The Morgan fingerprint density at radius 1 is 1.40 bits per heavy atom. The normalized spacial score (nSPS) is 15.1. The van der Waals surface area contributed by atoms with Crippen LogP contribution in [0.4, 0.5) is 5.82 Å². The van der Waals surface area contributed by atoms with E-state index >= 15 is 0 Å². The van der Waals surface area contributed by atoms with E-state index in [2.05, 4.69) is 21.1 Å². The van der Waals surface area contributed by atoms with Gasteiger partial charge in [-0.25, -0.2) is 0 Å². The topological polar surface area (TPSA) is 61.3 Å². The van der Waals surface area contributed by atoms with Crippen LogP contribution < -0.4 is 10.5 Å². The van der Waals surface area contributed by atoms with Crippen LogP contribution in [0.1, 0.15) is 24.8 Å². The van der Waals surface area contributed by atoms with Crippen LogP contribution in [0, 0.1) is 12.8 Å². The van der Waals surface area contributed by atoms with Gasteiger partial charge in [0, 0.05) is 6.07 Å². The maximum Gasteiger partial charge on any atom is 0.172 e. The van der Waals surface area contributed by atoms with Crippen molar-refractivity contribution in [2.45, 2.75) is 26.2 Å². The van der Waals surface area contributed by atoms with Crippen molar-refractivity contribution in [1.29, 1.82) is 0 Å². The second kappa shape index (κ2) is 5.48. The molecule has 20 heavy (non-hydrogen) atoms. The second-order valence-electron chi connectivity index (χ2n) is 5.35. The predicted molar refractivity (Wildman–Crippen MR) is 81.6 cm³/mol. The molecule has 1 aliphatic carbocycles. The summed E-state index contributed by atoms with van der Waals surface area (Å²) in [7, 11) is 0. The fraction of sp³-hybridized carbons (Fsp3) is 0.400. The van der Waals surface area contributed by atoms with Crippen LogP contribution in [-0.4, -0.2) is 11.8 Å². The van der Waals surface area contributed by atoms with E-state index in [9.17, 15) is 0 Å². The van der Waals surface area contributed by atoms with Crippen molar-refractivity contribution in [1.82, 2.24) is 5.16 Å². The summed E-state index contributed by atoms with van der Waals surface area (Å²) >= 11 is 3.57. The van der Waals surface area contributed by atoms with Gasteiger partial charge in [-0.1, -0.05) is 11.6 Å². The van der Waals surface area contributed by atoms with Gasteiger partial charge in [0.05, 0.1) is 16.6 Å². The van der Waals surface area contributed by atoms with Crippen LogP contribution in [0.5, 0.6) is 5.75 Å².